The fraction of sp³-hybridized carbons (Fsp3) is 0.158. The topological polar surface area (TPSA) is 73.9 Å². The standard InChI is InChI=1S/C19H19NO5/c1-23-14-10-8-13(9-11-14)12-16(19(22)25-3)20-18(21)15-6-4-5-7-17(15)24-2/h4-12H,1-3H3,(H,20,21)/b16-12+. The SMILES string of the molecule is COC(=O)/C(=C\c1ccc(OC)cc1)NC(=O)c1ccccc1OC. The zero-order valence-electron chi connectivity index (χ0n) is 14.2. The van der Waals surface area contributed by atoms with E-state index in [2.05, 4.69) is 5.32 Å². The number of benzene rings is 2. The quantitative estimate of drug-likeness (QED) is 0.646. The van der Waals surface area contributed by atoms with E-state index in [-0.39, 0.29) is 5.70 Å². The van der Waals surface area contributed by atoms with Crippen LogP contribution in [-0.2, 0) is 9.53 Å². The maximum atomic E-state index is 12.5. The fourth-order valence-corrected chi connectivity index (χ4v) is 2.14. The van der Waals surface area contributed by atoms with Crippen molar-refractivity contribution in [3.63, 3.8) is 0 Å². The summed E-state index contributed by atoms with van der Waals surface area (Å²) in [5, 5.41) is 2.57. The van der Waals surface area contributed by atoms with E-state index in [9.17, 15) is 9.59 Å². The Morgan fingerprint density at radius 2 is 1.60 bits per heavy atom. The van der Waals surface area contributed by atoms with Crippen molar-refractivity contribution in [2.24, 2.45) is 0 Å². The van der Waals surface area contributed by atoms with Crippen LogP contribution in [-0.4, -0.2) is 33.2 Å². The van der Waals surface area contributed by atoms with E-state index in [1.807, 2.05) is 0 Å². The number of amides is 1. The number of para-hydroxylation sites is 1. The number of esters is 1. The molecule has 0 unspecified atom stereocenters. The molecule has 0 heterocycles. The summed E-state index contributed by atoms with van der Waals surface area (Å²) in [6.45, 7) is 0. The second kappa shape index (κ2) is 8.54. The van der Waals surface area contributed by atoms with Crippen molar-refractivity contribution >= 4 is 18.0 Å². The highest BCUT2D eigenvalue weighted by atomic mass is 16.5. The highest BCUT2D eigenvalue weighted by Gasteiger charge is 2.17. The molecular weight excluding hydrogens is 322 g/mol. The molecule has 0 spiro atoms. The minimum absolute atomic E-state index is 0.0172. The van der Waals surface area contributed by atoms with Gasteiger partial charge in [0.05, 0.1) is 26.9 Å². The maximum absolute atomic E-state index is 12.5. The molecule has 2 rings (SSSR count). The zero-order valence-corrected chi connectivity index (χ0v) is 14.2. The molecule has 0 aromatic heterocycles. The molecule has 0 aliphatic heterocycles. The largest absolute Gasteiger partial charge is 0.497 e. The van der Waals surface area contributed by atoms with Crippen LogP contribution in [0.25, 0.3) is 6.08 Å². The first kappa shape index (κ1) is 18.1. The van der Waals surface area contributed by atoms with Crippen LogP contribution in [0.4, 0.5) is 0 Å². The minimum Gasteiger partial charge on any atom is -0.497 e. The van der Waals surface area contributed by atoms with Gasteiger partial charge in [0.2, 0.25) is 0 Å². The summed E-state index contributed by atoms with van der Waals surface area (Å²) in [4.78, 5) is 24.5. The average Bonchev–Trinajstić information content (AvgIpc) is 2.67. The Kier molecular flexibility index (Phi) is 6.17. The zero-order chi connectivity index (χ0) is 18.2. The van der Waals surface area contributed by atoms with Crippen LogP contribution >= 0.6 is 0 Å². The third-order valence-electron chi connectivity index (χ3n) is 3.43. The van der Waals surface area contributed by atoms with Gasteiger partial charge in [-0.25, -0.2) is 4.79 Å². The molecule has 0 bridgehead atoms. The number of hydrogen-bond acceptors (Lipinski definition) is 5. The van der Waals surface area contributed by atoms with Crippen molar-refractivity contribution in [1.82, 2.24) is 5.32 Å². The van der Waals surface area contributed by atoms with Gasteiger partial charge in [-0.3, -0.25) is 4.79 Å². The second-order valence-corrected chi connectivity index (χ2v) is 4.98. The molecule has 2 aromatic carbocycles. The van der Waals surface area contributed by atoms with Gasteiger partial charge in [0, 0.05) is 0 Å². The normalized spacial score (nSPS) is 10.8. The molecule has 0 radical (unpaired) electrons. The Hall–Kier alpha value is -3.28. The number of carbonyl (C=O) groups is 2. The molecule has 0 atom stereocenters. The molecule has 1 N–H and O–H groups in total. The number of ether oxygens (including phenoxy) is 3. The lowest BCUT2D eigenvalue weighted by Gasteiger charge is -2.11. The highest BCUT2D eigenvalue weighted by Crippen LogP contribution is 2.18. The Morgan fingerprint density at radius 1 is 0.920 bits per heavy atom. The molecule has 25 heavy (non-hydrogen) atoms. The minimum atomic E-state index is -0.654. The van der Waals surface area contributed by atoms with E-state index in [4.69, 9.17) is 14.2 Å². The van der Waals surface area contributed by atoms with Gasteiger partial charge in [-0.05, 0) is 35.9 Å². The fourth-order valence-electron chi connectivity index (χ4n) is 2.14. The molecule has 0 aliphatic rings. The number of methoxy groups -OCH3 is 3. The molecule has 2 aromatic rings. The average molecular weight is 341 g/mol. The lowest BCUT2D eigenvalue weighted by atomic mass is 10.1. The van der Waals surface area contributed by atoms with Gasteiger partial charge in [-0.2, -0.15) is 0 Å². The first-order chi connectivity index (χ1) is 12.1. The van der Waals surface area contributed by atoms with Crippen molar-refractivity contribution in [1.29, 1.82) is 0 Å². The maximum Gasteiger partial charge on any atom is 0.354 e. The third kappa shape index (κ3) is 4.60. The molecule has 6 nitrogen and oxygen atoms in total. The highest BCUT2D eigenvalue weighted by molar-refractivity contribution is 6.04. The Morgan fingerprint density at radius 3 is 2.20 bits per heavy atom. The lowest BCUT2D eigenvalue weighted by molar-refractivity contribution is -0.136. The van der Waals surface area contributed by atoms with Crippen molar-refractivity contribution in [2.75, 3.05) is 21.3 Å². The summed E-state index contributed by atoms with van der Waals surface area (Å²) in [5.74, 6) is -0.0230. The summed E-state index contributed by atoms with van der Waals surface area (Å²) < 4.78 is 15.0. The van der Waals surface area contributed by atoms with E-state index in [1.165, 1.54) is 20.3 Å². The van der Waals surface area contributed by atoms with E-state index in [1.54, 1.807) is 55.6 Å². The van der Waals surface area contributed by atoms with Crippen LogP contribution in [0.1, 0.15) is 15.9 Å². The van der Waals surface area contributed by atoms with Crippen LogP contribution < -0.4 is 14.8 Å². The smallest absolute Gasteiger partial charge is 0.354 e. The van der Waals surface area contributed by atoms with Crippen molar-refractivity contribution < 1.29 is 23.8 Å². The van der Waals surface area contributed by atoms with E-state index in [0.29, 0.717) is 22.6 Å². The van der Waals surface area contributed by atoms with Crippen LogP contribution in [0, 0.1) is 0 Å². The molecule has 0 aliphatic carbocycles. The second-order valence-electron chi connectivity index (χ2n) is 4.98. The first-order valence-electron chi connectivity index (χ1n) is 7.47. The van der Waals surface area contributed by atoms with E-state index < -0.39 is 11.9 Å². The van der Waals surface area contributed by atoms with E-state index in [0.717, 1.165) is 0 Å². The summed E-state index contributed by atoms with van der Waals surface area (Å²) in [6, 6.07) is 13.8. The van der Waals surface area contributed by atoms with Gasteiger partial charge in [0.15, 0.2) is 0 Å². The van der Waals surface area contributed by atoms with Crippen LogP contribution in [0.3, 0.4) is 0 Å². The molecule has 130 valence electrons. The first-order valence-corrected chi connectivity index (χ1v) is 7.47. The predicted molar refractivity (Wildman–Crippen MR) is 93.4 cm³/mol. The molecular formula is C19H19NO5. The molecule has 0 saturated heterocycles. The molecule has 0 saturated carbocycles. The summed E-state index contributed by atoms with van der Waals surface area (Å²) in [6.07, 6.45) is 1.53. The molecule has 0 fully saturated rings. The van der Waals surface area contributed by atoms with Gasteiger partial charge < -0.3 is 19.5 Å². The van der Waals surface area contributed by atoms with Gasteiger partial charge in [0.25, 0.3) is 5.91 Å². The Balaban J connectivity index is 2.29. The summed E-state index contributed by atoms with van der Waals surface area (Å²) >= 11 is 0. The van der Waals surface area contributed by atoms with Crippen LogP contribution in [0.5, 0.6) is 11.5 Å². The van der Waals surface area contributed by atoms with Gasteiger partial charge in [-0.15, -0.1) is 0 Å². The van der Waals surface area contributed by atoms with Crippen molar-refractivity contribution in [2.45, 2.75) is 0 Å². The van der Waals surface area contributed by atoms with Crippen LogP contribution in [0.15, 0.2) is 54.2 Å². The summed E-state index contributed by atoms with van der Waals surface area (Å²) in [7, 11) is 4.29. The number of carbonyl (C=O) groups excluding carboxylic acids is 2. The number of hydrogen-bond donors (Lipinski definition) is 1. The van der Waals surface area contributed by atoms with Crippen molar-refractivity contribution in [3.8, 4) is 11.5 Å². The predicted octanol–water partition coefficient (Wildman–Crippen LogP) is 2.65. The number of rotatable bonds is 6. The van der Waals surface area contributed by atoms with Gasteiger partial charge >= 0.3 is 5.97 Å². The van der Waals surface area contributed by atoms with E-state index >= 15 is 0 Å². The Bertz CT molecular complexity index is 781. The van der Waals surface area contributed by atoms with Gasteiger partial charge in [-0.1, -0.05) is 24.3 Å². The Labute approximate surface area is 146 Å². The molecule has 1 amide bonds. The summed E-state index contributed by atoms with van der Waals surface area (Å²) in [5.41, 5.74) is 1.04. The lowest BCUT2D eigenvalue weighted by Crippen LogP contribution is -2.28. The van der Waals surface area contributed by atoms with Crippen molar-refractivity contribution in [3.05, 3.63) is 65.4 Å². The van der Waals surface area contributed by atoms with Gasteiger partial charge in [0.1, 0.15) is 17.2 Å². The third-order valence-corrected chi connectivity index (χ3v) is 3.43. The number of nitrogens with one attached hydrogen (secondary N) is 1. The monoisotopic (exact) mass is 341 g/mol. The molecule has 6 heteroatoms. The van der Waals surface area contributed by atoms with Crippen LogP contribution in [0.2, 0.25) is 0 Å².